The number of anilines is 1. The predicted octanol–water partition coefficient (Wildman–Crippen LogP) is 2.58. The molecule has 202 valence electrons. The summed E-state index contributed by atoms with van der Waals surface area (Å²) in [4.78, 5) is 26.5. The fraction of sp³-hybridized carbons (Fsp3) is 0.375. The van der Waals surface area contributed by atoms with Gasteiger partial charge in [0.2, 0.25) is 15.8 Å². The third kappa shape index (κ3) is 6.09. The van der Waals surface area contributed by atoms with Crippen molar-refractivity contribution in [2.75, 3.05) is 38.7 Å². The summed E-state index contributed by atoms with van der Waals surface area (Å²) in [6.07, 6.45) is 0. The highest BCUT2D eigenvalue weighted by Crippen LogP contribution is 2.30. The van der Waals surface area contributed by atoms with Crippen molar-refractivity contribution in [1.29, 1.82) is 0 Å². The van der Waals surface area contributed by atoms with E-state index >= 15 is 0 Å². The smallest absolute Gasteiger partial charge is 0.313 e. The van der Waals surface area contributed by atoms with Gasteiger partial charge in [-0.1, -0.05) is 22.0 Å². The van der Waals surface area contributed by atoms with Crippen molar-refractivity contribution in [3.8, 4) is 11.4 Å². The number of carbonyl (C=O) groups excluding carboxylic acids is 2. The maximum Gasteiger partial charge on any atom is 0.313 e. The molecule has 38 heavy (non-hydrogen) atoms. The maximum atomic E-state index is 13.2. The number of nitrogens with one attached hydrogen (secondary N) is 1. The SMILES string of the molecule is COC(=O)C(C)(C)Cn1nnc(-c2cc(Br)ccc2NC(=O)c2cccc(S(=O)(=O)N3CCOCC3)c2)n1. The van der Waals surface area contributed by atoms with E-state index in [1.165, 1.54) is 40.5 Å². The van der Waals surface area contributed by atoms with Gasteiger partial charge in [-0.25, -0.2) is 8.42 Å². The first-order valence-corrected chi connectivity index (χ1v) is 13.9. The number of hydrogen-bond donors (Lipinski definition) is 1. The second kappa shape index (κ2) is 11.3. The van der Waals surface area contributed by atoms with E-state index in [0.717, 1.165) is 4.47 Å². The number of aromatic nitrogens is 4. The fourth-order valence-corrected chi connectivity index (χ4v) is 5.67. The van der Waals surface area contributed by atoms with Crippen LogP contribution in [0.15, 0.2) is 51.8 Å². The number of rotatable bonds is 8. The monoisotopic (exact) mass is 606 g/mol. The molecule has 0 atom stereocenters. The van der Waals surface area contributed by atoms with Crippen LogP contribution in [0.4, 0.5) is 5.69 Å². The van der Waals surface area contributed by atoms with E-state index in [1.54, 1.807) is 32.0 Å². The molecule has 12 nitrogen and oxygen atoms in total. The third-order valence-electron chi connectivity index (χ3n) is 5.90. The van der Waals surface area contributed by atoms with Gasteiger partial charge in [0.1, 0.15) is 0 Å². The Balaban J connectivity index is 1.58. The van der Waals surface area contributed by atoms with E-state index in [1.807, 2.05) is 0 Å². The largest absolute Gasteiger partial charge is 0.469 e. The average Bonchev–Trinajstić information content (AvgIpc) is 3.37. The number of sulfonamides is 1. The molecule has 0 unspecified atom stereocenters. The summed E-state index contributed by atoms with van der Waals surface area (Å²) < 4.78 is 38.2. The van der Waals surface area contributed by atoms with Crippen LogP contribution in [0.5, 0.6) is 0 Å². The lowest BCUT2D eigenvalue weighted by molar-refractivity contribution is -0.151. The summed E-state index contributed by atoms with van der Waals surface area (Å²) in [6, 6.07) is 11.0. The van der Waals surface area contributed by atoms with Crippen LogP contribution in [-0.4, -0.2) is 78.2 Å². The van der Waals surface area contributed by atoms with Gasteiger partial charge in [-0.15, -0.1) is 10.2 Å². The quantitative estimate of drug-likeness (QED) is 0.382. The molecular weight excluding hydrogens is 580 g/mol. The molecular formula is C24H27BrN6O6S. The van der Waals surface area contributed by atoms with E-state index in [4.69, 9.17) is 9.47 Å². The van der Waals surface area contributed by atoms with E-state index in [2.05, 4.69) is 36.7 Å². The van der Waals surface area contributed by atoms with E-state index in [9.17, 15) is 18.0 Å². The van der Waals surface area contributed by atoms with Crippen molar-refractivity contribution >= 4 is 43.5 Å². The number of amides is 1. The van der Waals surface area contributed by atoms with Crippen molar-refractivity contribution < 1.29 is 27.5 Å². The summed E-state index contributed by atoms with van der Waals surface area (Å²) in [5.74, 6) is -0.692. The summed E-state index contributed by atoms with van der Waals surface area (Å²) in [5.41, 5.74) is 0.163. The first kappa shape index (κ1) is 27.8. The van der Waals surface area contributed by atoms with Gasteiger partial charge in [0.05, 0.1) is 42.9 Å². The van der Waals surface area contributed by atoms with Crippen LogP contribution < -0.4 is 5.32 Å². The summed E-state index contributed by atoms with van der Waals surface area (Å²) >= 11 is 3.42. The van der Waals surface area contributed by atoms with E-state index in [0.29, 0.717) is 24.5 Å². The molecule has 1 saturated heterocycles. The molecule has 0 bridgehead atoms. The van der Waals surface area contributed by atoms with Gasteiger partial charge < -0.3 is 14.8 Å². The normalized spacial score (nSPS) is 14.7. The van der Waals surface area contributed by atoms with Gasteiger partial charge in [0, 0.05) is 28.7 Å². The van der Waals surface area contributed by atoms with Crippen LogP contribution in [0.2, 0.25) is 0 Å². The number of morpholine rings is 1. The number of hydrogen-bond acceptors (Lipinski definition) is 9. The van der Waals surface area contributed by atoms with Crippen molar-refractivity contribution in [3.63, 3.8) is 0 Å². The molecule has 0 saturated carbocycles. The van der Waals surface area contributed by atoms with E-state index in [-0.39, 0.29) is 35.9 Å². The van der Waals surface area contributed by atoms with Gasteiger partial charge >= 0.3 is 5.97 Å². The van der Waals surface area contributed by atoms with Gasteiger partial charge in [0.15, 0.2) is 0 Å². The minimum absolute atomic E-state index is 0.0286. The van der Waals surface area contributed by atoms with Crippen LogP contribution in [0.3, 0.4) is 0 Å². The molecule has 0 radical (unpaired) electrons. The molecule has 1 fully saturated rings. The Bertz CT molecular complexity index is 1450. The molecule has 1 N–H and O–H groups in total. The first-order valence-electron chi connectivity index (χ1n) is 11.7. The molecule has 3 aromatic rings. The van der Waals surface area contributed by atoms with Crippen molar-refractivity contribution in [1.82, 2.24) is 24.5 Å². The number of tetrazole rings is 1. The number of carbonyl (C=O) groups is 2. The Morgan fingerprint density at radius 1 is 1.16 bits per heavy atom. The number of esters is 1. The molecule has 2 heterocycles. The molecule has 1 aliphatic heterocycles. The zero-order valence-corrected chi connectivity index (χ0v) is 23.5. The minimum Gasteiger partial charge on any atom is -0.469 e. The molecule has 1 amide bonds. The van der Waals surface area contributed by atoms with Crippen molar-refractivity contribution in [2.24, 2.45) is 5.41 Å². The maximum absolute atomic E-state index is 13.2. The average molecular weight is 607 g/mol. The van der Waals surface area contributed by atoms with Crippen molar-refractivity contribution in [3.05, 3.63) is 52.5 Å². The number of nitrogens with zero attached hydrogens (tertiary/aromatic N) is 5. The molecule has 1 aromatic heterocycles. The van der Waals surface area contributed by atoms with Crippen LogP contribution in [0, 0.1) is 5.41 Å². The lowest BCUT2D eigenvalue weighted by Gasteiger charge is -2.26. The highest BCUT2D eigenvalue weighted by atomic mass is 79.9. The minimum atomic E-state index is -3.76. The number of halogens is 1. The summed E-state index contributed by atoms with van der Waals surface area (Å²) in [5, 5.41) is 15.3. The lowest BCUT2D eigenvalue weighted by Crippen LogP contribution is -2.40. The third-order valence-corrected chi connectivity index (χ3v) is 8.29. The first-order chi connectivity index (χ1) is 18.0. The van der Waals surface area contributed by atoms with Gasteiger partial charge in [-0.3, -0.25) is 9.59 Å². The standard InChI is InChI=1S/C24H27BrN6O6S/c1-24(2,23(33)36-3)15-31-28-21(27-29-31)19-14-17(25)7-8-20(19)26-22(32)16-5-4-6-18(13-16)38(34,35)30-9-11-37-12-10-30/h4-8,13-14H,9-12,15H2,1-3H3,(H,26,32). The summed E-state index contributed by atoms with van der Waals surface area (Å²) in [7, 11) is -2.45. The van der Waals surface area contributed by atoms with Crippen LogP contribution in [0.1, 0.15) is 24.2 Å². The second-order valence-electron chi connectivity index (χ2n) is 9.21. The molecule has 1 aliphatic rings. The number of benzene rings is 2. The highest BCUT2D eigenvalue weighted by molar-refractivity contribution is 9.10. The second-order valence-corrected chi connectivity index (χ2v) is 12.1. The zero-order valence-electron chi connectivity index (χ0n) is 21.0. The van der Waals surface area contributed by atoms with Crippen LogP contribution in [-0.2, 0) is 30.8 Å². The molecule has 2 aromatic carbocycles. The Morgan fingerprint density at radius 2 is 1.89 bits per heavy atom. The highest BCUT2D eigenvalue weighted by Gasteiger charge is 2.31. The molecule has 0 spiro atoms. The van der Waals surface area contributed by atoms with Gasteiger partial charge in [-0.2, -0.15) is 9.10 Å². The Morgan fingerprint density at radius 3 is 2.61 bits per heavy atom. The zero-order chi connectivity index (χ0) is 27.5. The lowest BCUT2D eigenvalue weighted by atomic mass is 9.94. The fourth-order valence-electron chi connectivity index (χ4n) is 3.85. The molecule has 4 rings (SSSR count). The van der Waals surface area contributed by atoms with Gasteiger partial charge in [0.25, 0.3) is 5.91 Å². The number of ether oxygens (including phenoxy) is 2. The van der Waals surface area contributed by atoms with Crippen LogP contribution in [0.25, 0.3) is 11.4 Å². The van der Waals surface area contributed by atoms with Crippen molar-refractivity contribution in [2.45, 2.75) is 25.3 Å². The Hall–Kier alpha value is -3.20. The Labute approximate surface area is 228 Å². The van der Waals surface area contributed by atoms with Crippen LogP contribution >= 0.6 is 15.9 Å². The summed E-state index contributed by atoms with van der Waals surface area (Å²) in [6.45, 7) is 4.71. The van der Waals surface area contributed by atoms with Gasteiger partial charge in [-0.05, 0) is 55.5 Å². The topological polar surface area (TPSA) is 146 Å². The molecule has 0 aliphatic carbocycles. The predicted molar refractivity (Wildman–Crippen MR) is 141 cm³/mol. The molecule has 14 heteroatoms. The number of methoxy groups -OCH3 is 1. The van der Waals surface area contributed by atoms with E-state index < -0.39 is 27.3 Å². The Kier molecular flexibility index (Phi) is 8.25.